The molecule has 1 unspecified atom stereocenters. The first kappa shape index (κ1) is 17.3. The number of fused-ring (bicyclic) bond motifs is 1. The maximum absolute atomic E-state index is 12.3. The molecule has 3 rings (SSSR count). The molecule has 132 valence electrons. The first-order valence-corrected chi connectivity index (χ1v) is 8.05. The average Bonchev–Trinajstić information content (AvgIpc) is 2.72. The van der Waals surface area contributed by atoms with E-state index in [1.165, 1.54) is 6.92 Å². The Kier molecular flexibility index (Phi) is 4.79. The molecule has 0 spiro atoms. The van der Waals surface area contributed by atoms with Gasteiger partial charge < -0.3 is 16.0 Å². The third-order valence-corrected chi connectivity index (χ3v) is 3.99. The smallest absolute Gasteiger partial charge is 0.254 e. The van der Waals surface area contributed by atoms with Crippen LogP contribution in [0.5, 0.6) is 0 Å². The van der Waals surface area contributed by atoms with Crippen molar-refractivity contribution in [3.8, 4) is 0 Å². The van der Waals surface area contributed by atoms with Gasteiger partial charge in [0.15, 0.2) is 5.78 Å². The zero-order chi connectivity index (χ0) is 18.7. The van der Waals surface area contributed by atoms with Gasteiger partial charge in [0.2, 0.25) is 11.8 Å². The summed E-state index contributed by atoms with van der Waals surface area (Å²) in [6.45, 7) is 1.43. The molecule has 3 N–H and O–H groups in total. The van der Waals surface area contributed by atoms with E-state index in [0.717, 1.165) is 0 Å². The summed E-state index contributed by atoms with van der Waals surface area (Å²) in [6, 6.07) is 12.1. The number of Topliss-reactive ketones (excluding diaryl/α,β-unsaturated/α-hetero) is 1. The summed E-state index contributed by atoms with van der Waals surface area (Å²) in [5, 5.41) is 7.85. The van der Waals surface area contributed by atoms with Crippen LogP contribution in [-0.2, 0) is 9.59 Å². The zero-order valence-electron chi connectivity index (χ0n) is 14.0. The van der Waals surface area contributed by atoms with Crippen molar-refractivity contribution in [3.05, 3.63) is 59.7 Å². The molecule has 0 fully saturated rings. The predicted molar refractivity (Wildman–Crippen MR) is 96.0 cm³/mol. The number of carbonyl (C=O) groups excluding carboxylic acids is 4. The molecule has 0 aliphatic carbocycles. The third-order valence-electron chi connectivity index (χ3n) is 3.99. The van der Waals surface area contributed by atoms with Crippen LogP contribution in [0.25, 0.3) is 0 Å². The molecule has 0 aromatic heterocycles. The Morgan fingerprint density at radius 1 is 1.08 bits per heavy atom. The quantitative estimate of drug-likeness (QED) is 0.733. The van der Waals surface area contributed by atoms with Gasteiger partial charge in [-0.05, 0) is 31.2 Å². The van der Waals surface area contributed by atoms with Crippen LogP contribution in [0, 0.1) is 0 Å². The summed E-state index contributed by atoms with van der Waals surface area (Å²) in [5.41, 5.74) is 1.68. The van der Waals surface area contributed by atoms with Gasteiger partial charge in [0, 0.05) is 11.3 Å². The molecule has 7 heteroatoms. The molecule has 0 radical (unpaired) electrons. The van der Waals surface area contributed by atoms with Gasteiger partial charge in [-0.2, -0.15) is 0 Å². The van der Waals surface area contributed by atoms with Crippen LogP contribution in [0.3, 0.4) is 0 Å². The van der Waals surface area contributed by atoms with E-state index < -0.39 is 23.8 Å². The Morgan fingerprint density at radius 3 is 2.62 bits per heavy atom. The molecular formula is C19H17N3O4. The monoisotopic (exact) mass is 351 g/mol. The van der Waals surface area contributed by atoms with E-state index in [1.807, 2.05) is 0 Å². The zero-order valence-corrected chi connectivity index (χ0v) is 14.0. The summed E-state index contributed by atoms with van der Waals surface area (Å²) < 4.78 is 0. The molecule has 0 bridgehead atoms. The molecule has 0 saturated carbocycles. The summed E-state index contributed by atoms with van der Waals surface area (Å²) in [4.78, 5) is 48.2. The Bertz CT molecular complexity index is 907. The summed E-state index contributed by atoms with van der Waals surface area (Å²) in [6.07, 6.45) is -0.226. The van der Waals surface area contributed by atoms with Crippen molar-refractivity contribution in [2.24, 2.45) is 0 Å². The van der Waals surface area contributed by atoms with Crippen LogP contribution >= 0.6 is 0 Å². The lowest BCUT2D eigenvalue weighted by Crippen LogP contribution is -2.43. The highest BCUT2D eigenvalue weighted by atomic mass is 16.2. The lowest BCUT2D eigenvalue weighted by atomic mass is 10.1. The minimum atomic E-state index is -0.995. The Morgan fingerprint density at radius 2 is 1.85 bits per heavy atom. The topological polar surface area (TPSA) is 104 Å². The number of para-hydroxylation sites is 1. The van der Waals surface area contributed by atoms with E-state index in [9.17, 15) is 19.2 Å². The maximum Gasteiger partial charge on any atom is 0.254 e. The van der Waals surface area contributed by atoms with Crippen molar-refractivity contribution < 1.29 is 19.2 Å². The van der Waals surface area contributed by atoms with Crippen molar-refractivity contribution >= 4 is 34.9 Å². The van der Waals surface area contributed by atoms with Crippen LogP contribution in [-0.4, -0.2) is 29.5 Å². The van der Waals surface area contributed by atoms with Gasteiger partial charge in [-0.3, -0.25) is 19.2 Å². The third kappa shape index (κ3) is 3.77. The number of nitrogens with one attached hydrogen (secondary N) is 3. The van der Waals surface area contributed by atoms with Gasteiger partial charge in [0.05, 0.1) is 17.7 Å². The van der Waals surface area contributed by atoms with Crippen LogP contribution < -0.4 is 16.0 Å². The van der Waals surface area contributed by atoms with Gasteiger partial charge in [-0.15, -0.1) is 0 Å². The predicted octanol–water partition coefficient (Wildman–Crippen LogP) is 1.97. The number of amides is 3. The molecule has 2 aromatic carbocycles. The highest BCUT2D eigenvalue weighted by Gasteiger charge is 2.29. The number of hydrogen-bond donors (Lipinski definition) is 3. The Balaban J connectivity index is 1.70. The van der Waals surface area contributed by atoms with E-state index in [0.29, 0.717) is 22.5 Å². The minimum absolute atomic E-state index is 0.116. The first-order chi connectivity index (χ1) is 12.4. The largest absolute Gasteiger partial charge is 0.340 e. The molecular weight excluding hydrogens is 334 g/mol. The number of carbonyl (C=O) groups is 4. The van der Waals surface area contributed by atoms with E-state index in [4.69, 9.17) is 0 Å². The van der Waals surface area contributed by atoms with E-state index in [2.05, 4.69) is 16.0 Å². The molecule has 1 aliphatic heterocycles. The molecule has 0 saturated heterocycles. The fourth-order valence-electron chi connectivity index (χ4n) is 2.67. The van der Waals surface area contributed by atoms with Crippen LogP contribution in [0.15, 0.2) is 48.5 Å². The van der Waals surface area contributed by atoms with Crippen molar-refractivity contribution in [1.82, 2.24) is 5.32 Å². The molecule has 3 amide bonds. The molecule has 7 nitrogen and oxygen atoms in total. The van der Waals surface area contributed by atoms with Crippen molar-refractivity contribution in [3.63, 3.8) is 0 Å². The number of rotatable bonds is 4. The lowest BCUT2D eigenvalue weighted by Gasteiger charge is -2.14. The average molecular weight is 351 g/mol. The summed E-state index contributed by atoms with van der Waals surface area (Å²) in [5.74, 6) is -1.45. The van der Waals surface area contributed by atoms with Crippen LogP contribution in [0.2, 0.25) is 0 Å². The standard InChI is InChI=1S/C19H17N3O4/c1-11(23)12-5-4-6-13(9-12)20-17(24)10-16-19(26)21-15-8-3-2-7-14(15)18(25)22-16/h2-9,16H,10H2,1H3,(H,20,24)(H,21,26)(H,22,25). The van der Waals surface area contributed by atoms with Crippen LogP contribution in [0.4, 0.5) is 11.4 Å². The Labute approximate surface area is 149 Å². The molecule has 26 heavy (non-hydrogen) atoms. The fourth-order valence-corrected chi connectivity index (χ4v) is 2.67. The van der Waals surface area contributed by atoms with Gasteiger partial charge in [-0.25, -0.2) is 0 Å². The van der Waals surface area contributed by atoms with E-state index >= 15 is 0 Å². The minimum Gasteiger partial charge on any atom is -0.340 e. The van der Waals surface area contributed by atoms with Crippen molar-refractivity contribution in [2.75, 3.05) is 10.6 Å². The second kappa shape index (κ2) is 7.18. The second-order valence-electron chi connectivity index (χ2n) is 5.95. The van der Waals surface area contributed by atoms with Gasteiger partial charge in [-0.1, -0.05) is 24.3 Å². The number of benzene rings is 2. The summed E-state index contributed by atoms with van der Waals surface area (Å²) in [7, 11) is 0. The number of ketones is 1. The van der Waals surface area contributed by atoms with Crippen molar-refractivity contribution in [1.29, 1.82) is 0 Å². The highest BCUT2D eigenvalue weighted by molar-refractivity contribution is 6.11. The number of hydrogen-bond acceptors (Lipinski definition) is 4. The van der Waals surface area contributed by atoms with Gasteiger partial charge in [0.25, 0.3) is 5.91 Å². The second-order valence-corrected chi connectivity index (χ2v) is 5.95. The fraction of sp³-hybridized carbons (Fsp3) is 0.158. The normalized spacial score (nSPS) is 16.0. The van der Waals surface area contributed by atoms with Crippen LogP contribution in [0.1, 0.15) is 34.1 Å². The lowest BCUT2D eigenvalue weighted by molar-refractivity contribution is -0.122. The van der Waals surface area contributed by atoms with E-state index in [-0.39, 0.29) is 12.2 Å². The molecule has 1 heterocycles. The maximum atomic E-state index is 12.3. The highest BCUT2D eigenvalue weighted by Crippen LogP contribution is 2.19. The molecule has 1 atom stereocenters. The number of anilines is 2. The van der Waals surface area contributed by atoms with Gasteiger partial charge >= 0.3 is 0 Å². The molecule has 1 aliphatic rings. The van der Waals surface area contributed by atoms with Crippen molar-refractivity contribution in [2.45, 2.75) is 19.4 Å². The first-order valence-electron chi connectivity index (χ1n) is 8.05. The SMILES string of the molecule is CC(=O)c1cccc(NC(=O)CC2NC(=O)c3ccccc3NC2=O)c1. The van der Waals surface area contributed by atoms with E-state index in [1.54, 1.807) is 48.5 Å². The Hall–Kier alpha value is -3.48. The molecule has 2 aromatic rings. The van der Waals surface area contributed by atoms with Gasteiger partial charge in [0.1, 0.15) is 6.04 Å². The summed E-state index contributed by atoms with van der Waals surface area (Å²) >= 11 is 0.